The summed E-state index contributed by atoms with van der Waals surface area (Å²) >= 11 is 5.78. The molecule has 2 rings (SSSR count). The normalized spacial score (nSPS) is 19.9. The van der Waals surface area contributed by atoms with Crippen LogP contribution in [0.5, 0.6) is 0 Å². The maximum atomic E-state index is 5.78. The van der Waals surface area contributed by atoms with Crippen molar-refractivity contribution in [3.63, 3.8) is 0 Å². The Labute approximate surface area is 81.9 Å². The number of rotatable bonds is 1. The molecule has 1 aliphatic heterocycles. The van der Waals surface area contributed by atoms with Gasteiger partial charge in [0.2, 0.25) is 0 Å². The van der Waals surface area contributed by atoms with Gasteiger partial charge >= 0.3 is 0 Å². The first-order valence-corrected chi connectivity index (χ1v) is 4.44. The SMILES string of the molecule is Clc1ccc(C2C=NC=CN2)cc1. The van der Waals surface area contributed by atoms with Gasteiger partial charge in [0.1, 0.15) is 0 Å². The highest BCUT2D eigenvalue weighted by Gasteiger charge is 2.07. The van der Waals surface area contributed by atoms with Gasteiger partial charge < -0.3 is 5.32 Å². The minimum atomic E-state index is 0.169. The highest BCUT2D eigenvalue weighted by Crippen LogP contribution is 2.16. The second-order valence-corrected chi connectivity index (χ2v) is 3.25. The first-order valence-electron chi connectivity index (χ1n) is 4.06. The number of benzene rings is 1. The first kappa shape index (κ1) is 8.32. The van der Waals surface area contributed by atoms with E-state index in [1.807, 2.05) is 36.7 Å². The van der Waals surface area contributed by atoms with Crippen molar-refractivity contribution in [1.82, 2.24) is 5.32 Å². The van der Waals surface area contributed by atoms with Crippen LogP contribution in [-0.4, -0.2) is 6.21 Å². The quantitative estimate of drug-likeness (QED) is 0.727. The molecule has 0 fully saturated rings. The molecule has 3 heteroatoms. The molecule has 0 aromatic heterocycles. The van der Waals surface area contributed by atoms with Crippen molar-refractivity contribution in [2.45, 2.75) is 6.04 Å². The van der Waals surface area contributed by atoms with E-state index >= 15 is 0 Å². The number of aliphatic imine (C=N–C) groups is 1. The lowest BCUT2D eigenvalue weighted by molar-refractivity contribution is 0.793. The van der Waals surface area contributed by atoms with E-state index in [0.29, 0.717) is 0 Å². The number of nitrogens with one attached hydrogen (secondary N) is 1. The standard InChI is InChI=1S/C10H9ClN2/c11-9-3-1-8(2-4-9)10-7-12-5-6-13-10/h1-7,10,13H. The van der Waals surface area contributed by atoms with E-state index in [0.717, 1.165) is 10.6 Å². The van der Waals surface area contributed by atoms with Crippen LogP contribution in [-0.2, 0) is 0 Å². The molecule has 1 aromatic rings. The fourth-order valence-electron chi connectivity index (χ4n) is 1.22. The molecule has 0 spiro atoms. The Morgan fingerprint density at radius 3 is 2.62 bits per heavy atom. The molecule has 0 saturated carbocycles. The summed E-state index contributed by atoms with van der Waals surface area (Å²) in [6.07, 6.45) is 5.43. The number of hydrogen-bond donors (Lipinski definition) is 1. The van der Waals surface area contributed by atoms with Crippen molar-refractivity contribution in [1.29, 1.82) is 0 Å². The van der Waals surface area contributed by atoms with Crippen LogP contribution in [0.15, 0.2) is 41.7 Å². The van der Waals surface area contributed by atoms with Crippen LogP contribution < -0.4 is 5.32 Å². The molecular weight excluding hydrogens is 184 g/mol. The molecule has 2 nitrogen and oxygen atoms in total. The lowest BCUT2D eigenvalue weighted by atomic mass is 10.1. The molecule has 1 unspecified atom stereocenters. The topological polar surface area (TPSA) is 24.4 Å². The molecule has 0 saturated heterocycles. The Balaban J connectivity index is 2.21. The second kappa shape index (κ2) is 3.62. The molecule has 0 amide bonds. The highest BCUT2D eigenvalue weighted by atomic mass is 35.5. The van der Waals surface area contributed by atoms with E-state index < -0.39 is 0 Å². The van der Waals surface area contributed by atoms with Crippen LogP contribution >= 0.6 is 11.6 Å². The van der Waals surface area contributed by atoms with Crippen molar-refractivity contribution < 1.29 is 0 Å². The molecule has 66 valence electrons. The minimum Gasteiger partial charge on any atom is -0.378 e. The van der Waals surface area contributed by atoms with E-state index in [4.69, 9.17) is 11.6 Å². The average molecular weight is 193 g/mol. The van der Waals surface area contributed by atoms with Gasteiger partial charge in [-0.25, -0.2) is 0 Å². The molecule has 0 aliphatic carbocycles. The molecule has 1 heterocycles. The van der Waals surface area contributed by atoms with Gasteiger partial charge in [-0.2, -0.15) is 0 Å². The van der Waals surface area contributed by atoms with E-state index in [-0.39, 0.29) is 6.04 Å². The van der Waals surface area contributed by atoms with Crippen LogP contribution in [0.2, 0.25) is 5.02 Å². The molecule has 13 heavy (non-hydrogen) atoms. The Morgan fingerprint density at radius 2 is 2.00 bits per heavy atom. The van der Waals surface area contributed by atoms with Gasteiger partial charge in [0.05, 0.1) is 6.04 Å². The predicted octanol–water partition coefficient (Wildman–Crippen LogP) is 2.53. The van der Waals surface area contributed by atoms with Gasteiger partial charge in [-0.05, 0) is 17.7 Å². The molecule has 1 aliphatic rings. The van der Waals surface area contributed by atoms with Gasteiger partial charge in [-0.1, -0.05) is 23.7 Å². The van der Waals surface area contributed by atoms with Crippen molar-refractivity contribution in [3.05, 3.63) is 47.3 Å². The summed E-state index contributed by atoms with van der Waals surface area (Å²) in [5.41, 5.74) is 1.16. The van der Waals surface area contributed by atoms with Crippen LogP contribution in [0.1, 0.15) is 11.6 Å². The maximum absolute atomic E-state index is 5.78. The summed E-state index contributed by atoms with van der Waals surface area (Å²) in [6, 6.07) is 7.91. The number of halogens is 1. The van der Waals surface area contributed by atoms with Crippen LogP contribution in [0.4, 0.5) is 0 Å². The van der Waals surface area contributed by atoms with Gasteiger partial charge in [0.25, 0.3) is 0 Å². The summed E-state index contributed by atoms with van der Waals surface area (Å²) in [6.45, 7) is 0. The Kier molecular flexibility index (Phi) is 2.32. The number of nitrogens with zero attached hydrogens (tertiary/aromatic N) is 1. The van der Waals surface area contributed by atoms with E-state index in [1.54, 1.807) is 6.20 Å². The molecule has 1 aromatic carbocycles. The van der Waals surface area contributed by atoms with Crippen LogP contribution in [0.3, 0.4) is 0 Å². The lowest BCUT2D eigenvalue weighted by Crippen LogP contribution is -2.18. The third kappa shape index (κ3) is 1.90. The zero-order valence-corrected chi connectivity index (χ0v) is 7.70. The van der Waals surface area contributed by atoms with Crippen molar-refractivity contribution >= 4 is 17.8 Å². The average Bonchev–Trinajstić information content (AvgIpc) is 2.20. The number of hydrogen-bond acceptors (Lipinski definition) is 2. The van der Waals surface area contributed by atoms with E-state index in [9.17, 15) is 0 Å². The van der Waals surface area contributed by atoms with Crippen molar-refractivity contribution in [3.8, 4) is 0 Å². The van der Waals surface area contributed by atoms with Gasteiger partial charge in [-0.3, -0.25) is 4.99 Å². The third-order valence-corrected chi connectivity index (χ3v) is 2.15. The van der Waals surface area contributed by atoms with E-state index in [1.165, 1.54) is 0 Å². The third-order valence-electron chi connectivity index (χ3n) is 1.90. The second-order valence-electron chi connectivity index (χ2n) is 2.81. The molecule has 0 bridgehead atoms. The van der Waals surface area contributed by atoms with Gasteiger partial charge in [0.15, 0.2) is 0 Å². The Hall–Kier alpha value is -1.28. The maximum Gasteiger partial charge on any atom is 0.0865 e. The van der Waals surface area contributed by atoms with Crippen molar-refractivity contribution in [2.75, 3.05) is 0 Å². The monoisotopic (exact) mass is 192 g/mol. The van der Waals surface area contributed by atoms with Gasteiger partial charge in [0, 0.05) is 23.6 Å². The summed E-state index contributed by atoms with van der Waals surface area (Å²) in [5.74, 6) is 0. The molecule has 1 atom stereocenters. The summed E-state index contributed by atoms with van der Waals surface area (Å²) in [4.78, 5) is 4.06. The summed E-state index contributed by atoms with van der Waals surface area (Å²) in [7, 11) is 0. The zero-order chi connectivity index (χ0) is 9.10. The fraction of sp³-hybridized carbons (Fsp3) is 0.100. The molecular formula is C10H9ClN2. The van der Waals surface area contributed by atoms with Crippen LogP contribution in [0, 0.1) is 0 Å². The molecule has 0 radical (unpaired) electrons. The molecule has 1 N–H and O–H groups in total. The Morgan fingerprint density at radius 1 is 1.23 bits per heavy atom. The van der Waals surface area contributed by atoms with Crippen molar-refractivity contribution in [2.24, 2.45) is 4.99 Å². The van der Waals surface area contributed by atoms with Crippen LogP contribution in [0.25, 0.3) is 0 Å². The Bertz CT molecular complexity index is 340. The zero-order valence-electron chi connectivity index (χ0n) is 6.94. The largest absolute Gasteiger partial charge is 0.378 e. The smallest absolute Gasteiger partial charge is 0.0865 e. The van der Waals surface area contributed by atoms with E-state index in [2.05, 4.69) is 10.3 Å². The first-order chi connectivity index (χ1) is 6.36. The summed E-state index contributed by atoms with van der Waals surface area (Å²) in [5, 5.41) is 3.94. The van der Waals surface area contributed by atoms with Gasteiger partial charge in [-0.15, -0.1) is 0 Å². The summed E-state index contributed by atoms with van der Waals surface area (Å²) < 4.78 is 0. The predicted molar refractivity (Wildman–Crippen MR) is 55.0 cm³/mol. The fourth-order valence-corrected chi connectivity index (χ4v) is 1.35. The minimum absolute atomic E-state index is 0.169. The highest BCUT2D eigenvalue weighted by molar-refractivity contribution is 6.30. The lowest BCUT2D eigenvalue weighted by Gasteiger charge is -2.14.